The molecule has 2 rings (SSSR count). The van der Waals surface area contributed by atoms with Crippen LogP contribution in [0.4, 0.5) is 5.69 Å². The summed E-state index contributed by atoms with van der Waals surface area (Å²) in [5.41, 5.74) is 6.05. The summed E-state index contributed by atoms with van der Waals surface area (Å²) in [5.74, 6) is -0.238. The van der Waals surface area contributed by atoms with Crippen molar-refractivity contribution in [3.05, 3.63) is 23.8 Å². The zero-order valence-electron chi connectivity index (χ0n) is 12.1. The maximum atomic E-state index is 12.4. The van der Waals surface area contributed by atoms with Crippen molar-refractivity contribution in [2.75, 3.05) is 12.8 Å². The molecular weight excluding hydrogens is 292 g/mol. The van der Waals surface area contributed by atoms with E-state index in [0.29, 0.717) is 5.92 Å². The average Bonchev–Trinajstić information content (AvgIpc) is 2.82. The molecule has 0 aromatic heterocycles. The summed E-state index contributed by atoms with van der Waals surface area (Å²) in [5, 5.41) is 0. The van der Waals surface area contributed by atoms with Gasteiger partial charge in [0.1, 0.15) is 4.90 Å². The summed E-state index contributed by atoms with van der Waals surface area (Å²) in [6.45, 7) is 2.03. The molecule has 1 aromatic carbocycles. The molecule has 3 N–H and O–H groups in total. The van der Waals surface area contributed by atoms with Crippen molar-refractivity contribution < 1.29 is 17.9 Å². The lowest BCUT2D eigenvalue weighted by molar-refractivity contribution is 0.0600. The van der Waals surface area contributed by atoms with Crippen LogP contribution in [-0.4, -0.2) is 27.5 Å². The zero-order chi connectivity index (χ0) is 15.6. The highest BCUT2D eigenvalue weighted by Crippen LogP contribution is 2.27. The molecule has 0 saturated heterocycles. The fourth-order valence-electron chi connectivity index (χ4n) is 2.62. The van der Waals surface area contributed by atoms with Crippen molar-refractivity contribution >= 4 is 21.7 Å². The van der Waals surface area contributed by atoms with Gasteiger partial charge in [-0.15, -0.1) is 0 Å². The van der Waals surface area contributed by atoms with Crippen LogP contribution in [0.2, 0.25) is 0 Å². The van der Waals surface area contributed by atoms with E-state index in [-0.39, 0.29) is 22.2 Å². The van der Waals surface area contributed by atoms with E-state index in [2.05, 4.69) is 9.46 Å². The summed E-state index contributed by atoms with van der Waals surface area (Å²) in [4.78, 5) is 11.4. The van der Waals surface area contributed by atoms with Crippen LogP contribution in [-0.2, 0) is 14.8 Å². The topological polar surface area (TPSA) is 98.5 Å². The molecule has 6 nitrogen and oxygen atoms in total. The Labute approximate surface area is 124 Å². The Bertz CT molecular complexity index is 642. The standard InChI is InChI=1S/C14H20N2O4S/c1-9-4-3-5-12(9)16-21(18,19)13-7-6-10(8-11(13)15)14(17)20-2/h6-9,12,16H,3-5,15H2,1-2H3. The molecule has 1 fully saturated rings. The van der Waals surface area contributed by atoms with Crippen molar-refractivity contribution in [1.82, 2.24) is 4.72 Å². The average molecular weight is 312 g/mol. The number of carbonyl (C=O) groups excluding carboxylic acids is 1. The predicted octanol–water partition coefficient (Wildman–Crippen LogP) is 1.52. The SMILES string of the molecule is COC(=O)c1ccc(S(=O)(=O)NC2CCCC2C)c(N)c1. The fraction of sp³-hybridized carbons (Fsp3) is 0.500. The van der Waals surface area contributed by atoms with Crippen LogP contribution >= 0.6 is 0 Å². The highest BCUT2D eigenvalue weighted by Gasteiger charge is 2.29. The lowest BCUT2D eigenvalue weighted by atomic mass is 10.1. The van der Waals surface area contributed by atoms with Crippen molar-refractivity contribution in [3.8, 4) is 0 Å². The smallest absolute Gasteiger partial charge is 0.337 e. The maximum absolute atomic E-state index is 12.4. The Kier molecular flexibility index (Phi) is 4.53. The molecule has 1 aliphatic carbocycles. The van der Waals surface area contributed by atoms with E-state index in [1.807, 2.05) is 6.92 Å². The van der Waals surface area contributed by atoms with Gasteiger partial charge in [0.05, 0.1) is 18.4 Å². The Hall–Kier alpha value is -1.60. The van der Waals surface area contributed by atoms with Gasteiger partial charge in [-0.05, 0) is 37.0 Å². The van der Waals surface area contributed by atoms with Gasteiger partial charge in [0, 0.05) is 6.04 Å². The summed E-state index contributed by atoms with van der Waals surface area (Å²) in [7, 11) is -2.43. The molecule has 0 spiro atoms. The third kappa shape index (κ3) is 3.36. The minimum atomic E-state index is -3.68. The van der Waals surface area contributed by atoms with Gasteiger partial charge in [-0.1, -0.05) is 13.3 Å². The van der Waals surface area contributed by atoms with Crippen LogP contribution in [0.5, 0.6) is 0 Å². The Morgan fingerprint density at radius 3 is 2.62 bits per heavy atom. The van der Waals surface area contributed by atoms with Crippen molar-refractivity contribution in [2.24, 2.45) is 5.92 Å². The van der Waals surface area contributed by atoms with Gasteiger partial charge in [0.15, 0.2) is 0 Å². The first-order valence-corrected chi connectivity index (χ1v) is 8.33. The number of nitrogen functional groups attached to an aromatic ring is 1. The van der Waals surface area contributed by atoms with Crippen LogP contribution < -0.4 is 10.5 Å². The minimum absolute atomic E-state index is 0.00532. The Morgan fingerprint density at radius 2 is 2.10 bits per heavy atom. The van der Waals surface area contributed by atoms with E-state index < -0.39 is 16.0 Å². The third-order valence-electron chi connectivity index (χ3n) is 3.89. The number of nitrogens with one attached hydrogen (secondary N) is 1. The molecule has 1 aromatic rings. The van der Waals surface area contributed by atoms with E-state index in [1.165, 1.54) is 25.3 Å². The second-order valence-corrected chi connectivity index (χ2v) is 7.06. The van der Waals surface area contributed by atoms with E-state index in [4.69, 9.17) is 5.73 Å². The number of hydrogen-bond acceptors (Lipinski definition) is 5. The molecule has 0 aliphatic heterocycles. The number of benzene rings is 1. The summed E-state index contributed by atoms with van der Waals surface area (Å²) in [6.07, 6.45) is 2.87. The predicted molar refractivity (Wildman–Crippen MR) is 79.3 cm³/mol. The second kappa shape index (κ2) is 6.03. The number of anilines is 1. The Morgan fingerprint density at radius 1 is 1.38 bits per heavy atom. The molecule has 0 heterocycles. The van der Waals surface area contributed by atoms with Gasteiger partial charge in [-0.3, -0.25) is 0 Å². The molecule has 0 amide bonds. The highest BCUT2D eigenvalue weighted by atomic mass is 32.2. The Balaban J connectivity index is 2.26. The highest BCUT2D eigenvalue weighted by molar-refractivity contribution is 7.89. The second-order valence-electron chi connectivity index (χ2n) is 5.38. The summed E-state index contributed by atoms with van der Waals surface area (Å²) in [6, 6.07) is 3.99. The lowest BCUT2D eigenvalue weighted by Crippen LogP contribution is -2.36. The molecule has 1 saturated carbocycles. The number of nitrogens with two attached hydrogens (primary N) is 1. The molecule has 21 heavy (non-hydrogen) atoms. The number of sulfonamides is 1. The first-order valence-electron chi connectivity index (χ1n) is 6.85. The normalized spacial score (nSPS) is 22.2. The van der Waals surface area contributed by atoms with E-state index in [1.54, 1.807) is 0 Å². The monoisotopic (exact) mass is 312 g/mol. The van der Waals surface area contributed by atoms with Crippen molar-refractivity contribution in [1.29, 1.82) is 0 Å². The van der Waals surface area contributed by atoms with Crippen molar-refractivity contribution in [2.45, 2.75) is 37.1 Å². The van der Waals surface area contributed by atoms with Gasteiger partial charge >= 0.3 is 5.97 Å². The van der Waals surface area contributed by atoms with E-state index in [0.717, 1.165) is 19.3 Å². The van der Waals surface area contributed by atoms with Crippen molar-refractivity contribution in [3.63, 3.8) is 0 Å². The largest absolute Gasteiger partial charge is 0.465 e. The molecule has 0 radical (unpaired) electrons. The number of methoxy groups -OCH3 is 1. The van der Waals surface area contributed by atoms with Gasteiger partial charge in [0.25, 0.3) is 0 Å². The molecule has 116 valence electrons. The number of hydrogen-bond donors (Lipinski definition) is 2. The number of ether oxygens (including phenoxy) is 1. The lowest BCUT2D eigenvalue weighted by Gasteiger charge is -2.18. The molecule has 2 unspecified atom stereocenters. The van der Waals surface area contributed by atoms with Gasteiger partial charge in [-0.2, -0.15) is 0 Å². The van der Waals surface area contributed by atoms with Gasteiger partial charge in [-0.25, -0.2) is 17.9 Å². The molecule has 0 bridgehead atoms. The van der Waals surface area contributed by atoms with Gasteiger partial charge in [0.2, 0.25) is 10.0 Å². The minimum Gasteiger partial charge on any atom is -0.465 e. The number of esters is 1. The van der Waals surface area contributed by atoms with Crippen LogP contribution in [0.25, 0.3) is 0 Å². The molecule has 1 aliphatic rings. The van der Waals surface area contributed by atoms with Crippen LogP contribution in [0.15, 0.2) is 23.1 Å². The van der Waals surface area contributed by atoms with E-state index >= 15 is 0 Å². The molecular formula is C14H20N2O4S. The zero-order valence-corrected chi connectivity index (χ0v) is 12.9. The first kappa shape index (κ1) is 15.8. The van der Waals surface area contributed by atoms with E-state index in [9.17, 15) is 13.2 Å². The fourth-order valence-corrected chi connectivity index (χ4v) is 4.11. The van der Waals surface area contributed by atoms with Crippen LogP contribution in [0.3, 0.4) is 0 Å². The van der Waals surface area contributed by atoms with Crippen LogP contribution in [0.1, 0.15) is 36.5 Å². The molecule has 7 heteroatoms. The third-order valence-corrected chi connectivity index (χ3v) is 5.45. The quantitative estimate of drug-likeness (QED) is 0.649. The maximum Gasteiger partial charge on any atom is 0.337 e. The summed E-state index contributed by atoms with van der Waals surface area (Å²) < 4.78 is 32.1. The number of carbonyl (C=O) groups is 1. The number of rotatable bonds is 4. The first-order chi connectivity index (χ1) is 9.85. The summed E-state index contributed by atoms with van der Waals surface area (Å²) >= 11 is 0. The molecule has 2 atom stereocenters. The van der Waals surface area contributed by atoms with Gasteiger partial charge < -0.3 is 10.5 Å². The van der Waals surface area contributed by atoms with Crippen LogP contribution in [0, 0.1) is 5.92 Å².